The van der Waals surface area contributed by atoms with Crippen LogP contribution in [0.25, 0.3) is 0 Å². The Hall–Kier alpha value is -1.75. The minimum atomic E-state index is -3.80. The van der Waals surface area contributed by atoms with Crippen molar-refractivity contribution in [2.75, 3.05) is 38.2 Å². The number of aliphatic hydroxyl groups excluding tert-OH is 1. The molecule has 10 heteroatoms. The summed E-state index contributed by atoms with van der Waals surface area (Å²) in [5.41, 5.74) is -0.155. The smallest absolute Gasteiger partial charge is 0.293 e. The van der Waals surface area contributed by atoms with Crippen molar-refractivity contribution in [2.45, 2.75) is 24.3 Å². The normalized spacial score (nSPS) is 17.4. The average Bonchev–Trinajstić information content (AvgIpc) is 2.60. The molecule has 0 aromatic heterocycles. The highest BCUT2D eigenvalue weighted by Crippen LogP contribution is 2.30. The van der Waals surface area contributed by atoms with E-state index in [2.05, 4.69) is 5.32 Å². The van der Waals surface area contributed by atoms with Gasteiger partial charge in [-0.3, -0.25) is 10.1 Å². The standard InChI is InChI=1S/C14H21N3O6S/c1-2-11(10-18)15-13-4-3-12(9-14(13)17(19)20)24(21,22)16-5-7-23-8-6-16/h3-4,9,11,15,18H,2,5-8,10H2,1H3. The molecule has 134 valence electrons. The van der Waals surface area contributed by atoms with Gasteiger partial charge in [0.25, 0.3) is 5.69 Å². The zero-order valence-corrected chi connectivity index (χ0v) is 14.2. The number of nitrogens with zero attached hydrogens (tertiary/aromatic N) is 2. The number of hydrogen-bond acceptors (Lipinski definition) is 7. The van der Waals surface area contributed by atoms with Crippen LogP contribution < -0.4 is 5.32 Å². The number of rotatable bonds is 7. The number of nitro groups is 1. The summed E-state index contributed by atoms with van der Waals surface area (Å²) in [6.45, 7) is 2.70. The first-order valence-corrected chi connectivity index (χ1v) is 9.08. The number of nitro benzene ring substituents is 1. The van der Waals surface area contributed by atoms with E-state index in [1.807, 2.05) is 6.92 Å². The van der Waals surface area contributed by atoms with Gasteiger partial charge in [0.05, 0.1) is 29.6 Å². The quantitative estimate of drug-likeness (QED) is 0.545. The van der Waals surface area contributed by atoms with Crippen LogP contribution in [0.5, 0.6) is 0 Å². The molecule has 2 rings (SSSR count). The Morgan fingerprint density at radius 3 is 2.62 bits per heavy atom. The van der Waals surface area contributed by atoms with Gasteiger partial charge in [0, 0.05) is 25.2 Å². The molecular weight excluding hydrogens is 338 g/mol. The third-order valence-electron chi connectivity index (χ3n) is 3.85. The third kappa shape index (κ3) is 4.01. The highest BCUT2D eigenvalue weighted by atomic mass is 32.2. The van der Waals surface area contributed by atoms with E-state index in [0.717, 1.165) is 6.07 Å². The molecule has 1 atom stereocenters. The number of sulfonamides is 1. The predicted octanol–water partition coefficient (Wildman–Crippen LogP) is 0.798. The van der Waals surface area contributed by atoms with Gasteiger partial charge in [-0.05, 0) is 18.6 Å². The molecule has 1 saturated heterocycles. The lowest BCUT2D eigenvalue weighted by Crippen LogP contribution is -2.40. The Morgan fingerprint density at radius 1 is 1.42 bits per heavy atom. The van der Waals surface area contributed by atoms with Crippen LogP contribution in [0.4, 0.5) is 11.4 Å². The number of morpholine rings is 1. The van der Waals surface area contributed by atoms with Gasteiger partial charge < -0.3 is 15.2 Å². The van der Waals surface area contributed by atoms with Crippen LogP contribution in [-0.2, 0) is 14.8 Å². The van der Waals surface area contributed by atoms with Crippen LogP contribution in [-0.4, -0.2) is 61.7 Å². The van der Waals surface area contributed by atoms with E-state index in [9.17, 15) is 23.6 Å². The number of benzene rings is 1. The topological polar surface area (TPSA) is 122 Å². The van der Waals surface area contributed by atoms with E-state index in [1.165, 1.54) is 16.4 Å². The van der Waals surface area contributed by atoms with Gasteiger partial charge in [-0.15, -0.1) is 0 Å². The minimum Gasteiger partial charge on any atom is -0.394 e. The predicted molar refractivity (Wildman–Crippen MR) is 87.5 cm³/mol. The molecule has 9 nitrogen and oxygen atoms in total. The highest BCUT2D eigenvalue weighted by Gasteiger charge is 2.29. The van der Waals surface area contributed by atoms with Crippen molar-refractivity contribution in [3.8, 4) is 0 Å². The van der Waals surface area contributed by atoms with Crippen LogP contribution in [0, 0.1) is 10.1 Å². The molecule has 0 spiro atoms. The molecule has 1 aliphatic rings. The zero-order valence-electron chi connectivity index (χ0n) is 13.3. The van der Waals surface area contributed by atoms with Gasteiger partial charge in [0.15, 0.2) is 0 Å². The first kappa shape index (κ1) is 18.6. The monoisotopic (exact) mass is 359 g/mol. The maximum atomic E-state index is 12.6. The van der Waals surface area contributed by atoms with Crippen molar-refractivity contribution in [3.63, 3.8) is 0 Å². The van der Waals surface area contributed by atoms with E-state index in [1.54, 1.807) is 0 Å². The Labute approximate surface area is 140 Å². The van der Waals surface area contributed by atoms with E-state index in [-0.39, 0.29) is 42.0 Å². The molecule has 1 aliphatic heterocycles. The van der Waals surface area contributed by atoms with Crippen LogP contribution >= 0.6 is 0 Å². The van der Waals surface area contributed by atoms with Gasteiger partial charge in [-0.1, -0.05) is 6.92 Å². The summed E-state index contributed by atoms with van der Waals surface area (Å²) in [5, 5.41) is 23.4. The van der Waals surface area contributed by atoms with E-state index < -0.39 is 14.9 Å². The Bertz CT molecular complexity index is 684. The summed E-state index contributed by atoms with van der Waals surface area (Å²) in [7, 11) is -3.80. The summed E-state index contributed by atoms with van der Waals surface area (Å²) in [6, 6.07) is 3.41. The number of ether oxygens (including phenoxy) is 1. The van der Waals surface area contributed by atoms with Crippen molar-refractivity contribution in [3.05, 3.63) is 28.3 Å². The van der Waals surface area contributed by atoms with E-state index in [0.29, 0.717) is 19.6 Å². The first-order chi connectivity index (χ1) is 11.4. The van der Waals surface area contributed by atoms with Gasteiger partial charge >= 0.3 is 0 Å². The summed E-state index contributed by atoms with van der Waals surface area (Å²) >= 11 is 0. The van der Waals surface area contributed by atoms with Gasteiger partial charge in [0.2, 0.25) is 10.0 Å². The van der Waals surface area contributed by atoms with E-state index >= 15 is 0 Å². The number of hydrogen-bond donors (Lipinski definition) is 2. The largest absolute Gasteiger partial charge is 0.394 e. The van der Waals surface area contributed by atoms with Gasteiger partial charge in [-0.2, -0.15) is 4.31 Å². The SMILES string of the molecule is CCC(CO)Nc1ccc(S(=O)(=O)N2CCOCC2)cc1[N+](=O)[O-]. The van der Waals surface area contributed by atoms with Gasteiger partial charge in [0.1, 0.15) is 5.69 Å². The second kappa shape index (κ2) is 7.88. The van der Waals surface area contributed by atoms with E-state index in [4.69, 9.17) is 4.74 Å². The second-order valence-corrected chi connectivity index (χ2v) is 7.32. The summed E-state index contributed by atoms with van der Waals surface area (Å²) in [4.78, 5) is 10.5. The fraction of sp³-hybridized carbons (Fsp3) is 0.571. The van der Waals surface area contributed by atoms with Crippen molar-refractivity contribution in [2.24, 2.45) is 0 Å². The maximum Gasteiger partial charge on any atom is 0.293 e. The average molecular weight is 359 g/mol. The van der Waals surface area contributed by atoms with Crippen molar-refractivity contribution in [1.29, 1.82) is 0 Å². The van der Waals surface area contributed by atoms with Crippen molar-refractivity contribution >= 4 is 21.4 Å². The third-order valence-corrected chi connectivity index (χ3v) is 5.74. The van der Waals surface area contributed by atoms with Crippen LogP contribution in [0.3, 0.4) is 0 Å². The Morgan fingerprint density at radius 2 is 2.08 bits per heavy atom. The lowest BCUT2D eigenvalue weighted by atomic mass is 10.2. The zero-order chi connectivity index (χ0) is 17.7. The maximum absolute atomic E-state index is 12.6. The lowest BCUT2D eigenvalue weighted by Gasteiger charge is -2.26. The van der Waals surface area contributed by atoms with Crippen LogP contribution in [0.1, 0.15) is 13.3 Å². The molecule has 2 N–H and O–H groups in total. The number of aliphatic hydroxyl groups is 1. The molecule has 0 saturated carbocycles. The molecule has 24 heavy (non-hydrogen) atoms. The molecule has 0 aliphatic carbocycles. The fourth-order valence-electron chi connectivity index (χ4n) is 2.38. The first-order valence-electron chi connectivity index (χ1n) is 7.64. The molecule has 0 amide bonds. The lowest BCUT2D eigenvalue weighted by molar-refractivity contribution is -0.384. The molecule has 0 radical (unpaired) electrons. The highest BCUT2D eigenvalue weighted by molar-refractivity contribution is 7.89. The van der Waals surface area contributed by atoms with Crippen molar-refractivity contribution in [1.82, 2.24) is 4.31 Å². The van der Waals surface area contributed by atoms with Crippen molar-refractivity contribution < 1.29 is 23.2 Å². The molecule has 1 unspecified atom stereocenters. The van der Waals surface area contributed by atoms with Crippen LogP contribution in [0.15, 0.2) is 23.1 Å². The summed E-state index contributed by atoms with van der Waals surface area (Å²) < 4.78 is 31.6. The molecular formula is C14H21N3O6S. The second-order valence-electron chi connectivity index (χ2n) is 5.38. The Balaban J connectivity index is 2.35. The van der Waals surface area contributed by atoms with Gasteiger partial charge in [-0.25, -0.2) is 8.42 Å². The minimum absolute atomic E-state index is 0.126. The van der Waals surface area contributed by atoms with Crippen LogP contribution in [0.2, 0.25) is 0 Å². The summed E-state index contributed by atoms with van der Waals surface area (Å²) in [5.74, 6) is 0. The molecule has 1 aromatic carbocycles. The molecule has 1 fully saturated rings. The molecule has 1 aromatic rings. The Kier molecular flexibility index (Phi) is 6.10. The number of nitrogens with one attached hydrogen (secondary N) is 1. The molecule has 1 heterocycles. The number of anilines is 1. The summed E-state index contributed by atoms with van der Waals surface area (Å²) in [6.07, 6.45) is 0.571. The fourth-order valence-corrected chi connectivity index (χ4v) is 3.81. The molecule has 0 bridgehead atoms.